The lowest BCUT2D eigenvalue weighted by molar-refractivity contribution is -0.177. The fourth-order valence-electron chi connectivity index (χ4n) is 3.03. The van der Waals surface area contributed by atoms with Crippen molar-refractivity contribution in [2.75, 3.05) is 21.2 Å². The van der Waals surface area contributed by atoms with Crippen molar-refractivity contribution in [1.82, 2.24) is 4.90 Å². The minimum Gasteiger partial charge on any atom is -0.497 e. The summed E-state index contributed by atoms with van der Waals surface area (Å²) in [5.41, 5.74) is -2.78. The van der Waals surface area contributed by atoms with Crippen LogP contribution < -0.4 is 9.47 Å². The number of thiophene rings is 1. The third-order valence-electron chi connectivity index (χ3n) is 4.79. The molecule has 1 aromatic heterocycles. The van der Waals surface area contributed by atoms with Gasteiger partial charge in [0.25, 0.3) is 0 Å². The average molecular weight is 560 g/mol. The molecule has 1 aromatic carbocycles. The topological polar surface area (TPSA) is 143 Å². The number of hydrogen-bond acceptors (Lipinski definition) is 9. The number of esters is 1. The first-order valence-electron chi connectivity index (χ1n) is 10.0. The normalized spacial score (nSPS) is 14.6. The summed E-state index contributed by atoms with van der Waals surface area (Å²) in [7, 11) is 4.85. The highest BCUT2D eigenvalue weighted by Crippen LogP contribution is 2.36. The molecule has 0 aliphatic carbocycles. The molecule has 3 atom stereocenters. The van der Waals surface area contributed by atoms with Gasteiger partial charge in [0.1, 0.15) is 17.6 Å². The highest BCUT2D eigenvalue weighted by Gasteiger charge is 2.42. The zero-order valence-electron chi connectivity index (χ0n) is 18.8. The molecule has 186 valence electrons. The molecule has 0 aliphatic heterocycles. The summed E-state index contributed by atoms with van der Waals surface area (Å²) < 4.78 is 17.7. The second-order valence-corrected chi connectivity index (χ2v) is 9.45. The van der Waals surface area contributed by atoms with E-state index in [-0.39, 0.29) is 6.42 Å². The summed E-state index contributed by atoms with van der Waals surface area (Å²) in [5, 5.41) is 30.1. The summed E-state index contributed by atoms with van der Waals surface area (Å²) in [6.45, 7) is 0. The van der Waals surface area contributed by atoms with Crippen LogP contribution in [0.5, 0.6) is 11.5 Å². The van der Waals surface area contributed by atoms with Gasteiger partial charge in [-0.1, -0.05) is 6.07 Å². The van der Waals surface area contributed by atoms with E-state index in [1.165, 1.54) is 18.4 Å². The van der Waals surface area contributed by atoms with Gasteiger partial charge in [0.2, 0.25) is 0 Å². The van der Waals surface area contributed by atoms with Crippen molar-refractivity contribution in [2.45, 2.75) is 37.2 Å². The van der Waals surface area contributed by atoms with E-state index in [0.29, 0.717) is 11.5 Å². The maximum Gasteiger partial charge on any atom is 0.336 e. The first kappa shape index (κ1) is 27.6. The van der Waals surface area contributed by atoms with Crippen molar-refractivity contribution >= 4 is 45.2 Å². The molecule has 34 heavy (non-hydrogen) atoms. The third kappa shape index (κ3) is 7.69. The van der Waals surface area contributed by atoms with Crippen LogP contribution in [0.4, 0.5) is 0 Å². The fraction of sp³-hybridized carbons (Fsp3) is 0.409. The number of rotatable bonds is 13. The Bertz CT molecular complexity index is 1010. The fourth-order valence-corrected chi connectivity index (χ4v) is 4.70. The Morgan fingerprint density at radius 3 is 2.35 bits per heavy atom. The van der Waals surface area contributed by atoms with Crippen molar-refractivity contribution in [3.8, 4) is 11.5 Å². The number of nitrogens with zero attached hydrogens (tertiary/aromatic N) is 1. The van der Waals surface area contributed by atoms with Crippen LogP contribution in [0.3, 0.4) is 0 Å². The van der Waals surface area contributed by atoms with Gasteiger partial charge in [-0.3, -0.25) is 14.5 Å². The molecule has 0 aliphatic rings. The van der Waals surface area contributed by atoms with Crippen LogP contribution in [0.2, 0.25) is 0 Å². The first-order chi connectivity index (χ1) is 15.9. The molecule has 0 saturated carbocycles. The van der Waals surface area contributed by atoms with Crippen LogP contribution in [-0.2, 0) is 19.1 Å². The summed E-state index contributed by atoms with van der Waals surface area (Å²) in [6.07, 6.45) is -3.46. The van der Waals surface area contributed by atoms with Gasteiger partial charge in [-0.15, -0.1) is 11.3 Å². The molecule has 12 heteroatoms. The van der Waals surface area contributed by atoms with Gasteiger partial charge < -0.3 is 29.5 Å². The number of carbonyl (C=O) groups excluding carboxylic acids is 1. The standard InChI is InChI=1S/C22H26BrNO9S/c1-24(2)17(33-19(27)12-22(30,21(28)29)11-18(25)26)10-16(20-15(23)7-8-34-20)32-14-6-4-5-13(9-14)31-3/h4-9,16-17,30H,10-12H2,1-3H3,(H,25,26)(H,28,29). The van der Waals surface area contributed by atoms with Crippen LogP contribution >= 0.6 is 27.3 Å². The van der Waals surface area contributed by atoms with Crippen LogP contribution in [0, 0.1) is 0 Å². The Morgan fingerprint density at radius 1 is 1.15 bits per heavy atom. The van der Waals surface area contributed by atoms with Gasteiger partial charge in [0, 0.05) is 17.0 Å². The summed E-state index contributed by atoms with van der Waals surface area (Å²) >= 11 is 4.93. The van der Waals surface area contributed by atoms with E-state index in [2.05, 4.69) is 15.9 Å². The number of carboxylic acids is 2. The van der Waals surface area contributed by atoms with Crippen LogP contribution in [-0.4, -0.2) is 71.2 Å². The van der Waals surface area contributed by atoms with Gasteiger partial charge in [-0.05, 0) is 53.6 Å². The Kier molecular flexibility index (Phi) is 9.86. The number of carbonyl (C=O) groups is 3. The number of ether oxygens (including phenoxy) is 3. The lowest BCUT2D eigenvalue weighted by Gasteiger charge is -2.29. The quantitative estimate of drug-likeness (QED) is 0.247. The number of aliphatic carboxylic acids is 2. The second-order valence-electron chi connectivity index (χ2n) is 7.65. The highest BCUT2D eigenvalue weighted by atomic mass is 79.9. The molecule has 2 aromatic rings. The maximum absolute atomic E-state index is 12.5. The van der Waals surface area contributed by atoms with E-state index in [9.17, 15) is 24.6 Å². The number of halogens is 1. The zero-order chi connectivity index (χ0) is 25.5. The minimum absolute atomic E-state index is 0.152. The van der Waals surface area contributed by atoms with E-state index < -0.39 is 48.7 Å². The largest absolute Gasteiger partial charge is 0.497 e. The lowest BCUT2D eigenvalue weighted by Crippen LogP contribution is -2.44. The third-order valence-corrected chi connectivity index (χ3v) is 6.76. The molecular weight excluding hydrogens is 534 g/mol. The van der Waals surface area contributed by atoms with E-state index in [1.54, 1.807) is 43.3 Å². The number of aliphatic hydroxyl groups is 1. The number of benzene rings is 1. The van der Waals surface area contributed by atoms with Gasteiger partial charge in [-0.25, -0.2) is 4.79 Å². The highest BCUT2D eigenvalue weighted by molar-refractivity contribution is 9.10. The Hall–Kier alpha value is -2.67. The summed E-state index contributed by atoms with van der Waals surface area (Å²) in [6, 6.07) is 8.87. The number of hydrogen-bond donors (Lipinski definition) is 3. The molecule has 3 unspecified atom stereocenters. The number of methoxy groups -OCH3 is 1. The van der Waals surface area contributed by atoms with Crippen molar-refractivity contribution in [3.05, 3.63) is 45.1 Å². The van der Waals surface area contributed by atoms with Gasteiger partial charge in [0.15, 0.2) is 11.8 Å². The molecule has 1 heterocycles. The van der Waals surface area contributed by atoms with Crippen LogP contribution in [0.15, 0.2) is 40.2 Å². The van der Waals surface area contributed by atoms with Crippen molar-refractivity contribution < 1.29 is 43.9 Å². The summed E-state index contributed by atoms with van der Waals surface area (Å²) in [4.78, 5) is 37.3. The zero-order valence-corrected chi connectivity index (χ0v) is 21.2. The maximum atomic E-state index is 12.5. The Balaban J connectivity index is 2.24. The van der Waals surface area contributed by atoms with Gasteiger partial charge >= 0.3 is 17.9 Å². The first-order valence-corrected chi connectivity index (χ1v) is 11.7. The SMILES string of the molecule is COc1cccc(OC(CC(OC(=O)CC(O)(CC(=O)O)C(=O)O)N(C)C)c2sccc2Br)c1. The smallest absolute Gasteiger partial charge is 0.336 e. The van der Waals surface area contributed by atoms with Gasteiger partial charge in [-0.2, -0.15) is 0 Å². The average Bonchev–Trinajstić information content (AvgIpc) is 3.17. The molecule has 0 bridgehead atoms. The van der Waals surface area contributed by atoms with E-state index in [1.807, 2.05) is 11.4 Å². The predicted molar refractivity (Wildman–Crippen MR) is 126 cm³/mol. The second kappa shape index (κ2) is 12.2. The minimum atomic E-state index is -2.78. The molecule has 0 radical (unpaired) electrons. The van der Waals surface area contributed by atoms with Crippen LogP contribution in [0.1, 0.15) is 30.2 Å². The summed E-state index contributed by atoms with van der Waals surface area (Å²) in [5.74, 6) is -3.32. The Labute approximate surface area is 208 Å². The number of carboxylic acid groups (broad SMARTS) is 2. The lowest BCUT2D eigenvalue weighted by atomic mass is 9.96. The Morgan fingerprint density at radius 2 is 1.82 bits per heavy atom. The van der Waals surface area contributed by atoms with Crippen LogP contribution in [0.25, 0.3) is 0 Å². The molecule has 0 fully saturated rings. The molecule has 0 amide bonds. The molecule has 10 nitrogen and oxygen atoms in total. The van der Waals surface area contributed by atoms with Gasteiger partial charge in [0.05, 0.1) is 24.8 Å². The van der Waals surface area contributed by atoms with Crippen molar-refractivity contribution in [1.29, 1.82) is 0 Å². The monoisotopic (exact) mass is 559 g/mol. The molecule has 3 N–H and O–H groups in total. The molecule has 2 rings (SSSR count). The van der Waals surface area contributed by atoms with E-state index >= 15 is 0 Å². The van der Waals surface area contributed by atoms with E-state index in [4.69, 9.17) is 19.3 Å². The predicted octanol–water partition coefficient (Wildman–Crippen LogP) is 3.14. The molecule has 0 saturated heterocycles. The van der Waals surface area contributed by atoms with E-state index in [0.717, 1.165) is 9.35 Å². The molecular formula is C22H26BrNO9S. The van der Waals surface area contributed by atoms with Crippen molar-refractivity contribution in [3.63, 3.8) is 0 Å². The molecule has 0 spiro atoms. The van der Waals surface area contributed by atoms with Crippen molar-refractivity contribution in [2.24, 2.45) is 0 Å².